The molecule has 0 atom stereocenters. The van der Waals surface area contributed by atoms with Crippen molar-refractivity contribution in [3.8, 4) is 11.3 Å². The first-order chi connectivity index (χ1) is 12.9. The first kappa shape index (κ1) is 18.9. The number of nitro benzene ring substituents is 1. The number of carbonyl (C=O) groups excluding carboxylic acids is 1. The van der Waals surface area contributed by atoms with Gasteiger partial charge in [-0.25, -0.2) is 13.8 Å². The number of amides is 1. The van der Waals surface area contributed by atoms with Crippen molar-refractivity contribution in [1.29, 1.82) is 0 Å². The lowest BCUT2D eigenvalue weighted by molar-refractivity contribution is -0.384. The third kappa shape index (κ3) is 4.86. The second kappa shape index (κ2) is 8.23. The molecule has 6 nitrogen and oxygen atoms in total. The summed E-state index contributed by atoms with van der Waals surface area (Å²) < 4.78 is 26.4. The van der Waals surface area contributed by atoms with Crippen molar-refractivity contribution in [1.82, 2.24) is 4.98 Å². The number of nitrogens with zero attached hydrogens (tertiary/aromatic N) is 2. The second-order valence-electron chi connectivity index (χ2n) is 5.26. The zero-order valence-corrected chi connectivity index (χ0v) is 15.2. The van der Waals surface area contributed by atoms with Gasteiger partial charge in [0.2, 0.25) is 5.91 Å². The summed E-state index contributed by atoms with van der Waals surface area (Å²) in [5.74, 6) is -1.88. The first-order valence-electron chi connectivity index (χ1n) is 7.50. The molecule has 1 aromatic heterocycles. The van der Waals surface area contributed by atoms with Gasteiger partial charge >= 0.3 is 0 Å². The monoisotopic (exact) mass is 407 g/mol. The van der Waals surface area contributed by atoms with E-state index >= 15 is 0 Å². The molecule has 1 heterocycles. The Hall–Kier alpha value is -2.85. The molecule has 0 radical (unpaired) electrons. The maximum Gasteiger partial charge on any atom is 0.270 e. The largest absolute Gasteiger partial charge is 0.301 e. The number of nitrogens with one attached hydrogen (secondary N) is 1. The van der Waals surface area contributed by atoms with Gasteiger partial charge in [-0.2, -0.15) is 0 Å². The summed E-state index contributed by atoms with van der Waals surface area (Å²) in [4.78, 5) is 26.8. The third-order valence-electron chi connectivity index (χ3n) is 3.36. The zero-order chi connectivity index (χ0) is 19.4. The summed E-state index contributed by atoms with van der Waals surface area (Å²) in [6, 6.07) is 9.16. The Morgan fingerprint density at radius 2 is 2.07 bits per heavy atom. The van der Waals surface area contributed by atoms with Gasteiger partial charge in [0.05, 0.1) is 16.4 Å². The van der Waals surface area contributed by atoms with Crippen molar-refractivity contribution in [2.24, 2.45) is 0 Å². The number of non-ortho nitro benzene ring substituents is 1. The fourth-order valence-electron chi connectivity index (χ4n) is 2.13. The van der Waals surface area contributed by atoms with Crippen LogP contribution in [0.5, 0.6) is 0 Å². The van der Waals surface area contributed by atoms with Crippen molar-refractivity contribution >= 4 is 39.8 Å². The SMILES string of the molecule is O=C(CSc1ccc(F)cc1F)Nc1nc(-c2cccc([N+](=O)[O-])c2)cs1. The summed E-state index contributed by atoms with van der Waals surface area (Å²) in [5.41, 5.74) is 1.00. The first-order valence-corrected chi connectivity index (χ1v) is 9.37. The van der Waals surface area contributed by atoms with E-state index in [1.165, 1.54) is 29.5 Å². The molecule has 0 spiro atoms. The van der Waals surface area contributed by atoms with Gasteiger partial charge in [0, 0.05) is 34.0 Å². The Balaban J connectivity index is 1.62. The molecule has 0 unspecified atom stereocenters. The maximum absolute atomic E-state index is 13.6. The minimum Gasteiger partial charge on any atom is -0.301 e. The van der Waals surface area contributed by atoms with Crippen molar-refractivity contribution in [3.63, 3.8) is 0 Å². The number of nitro groups is 1. The Morgan fingerprint density at radius 1 is 1.26 bits per heavy atom. The van der Waals surface area contributed by atoms with Crippen molar-refractivity contribution in [2.75, 3.05) is 11.1 Å². The normalized spacial score (nSPS) is 10.6. The predicted molar refractivity (Wildman–Crippen MR) is 99.9 cm³/mol. The minimum absolute atomic E-state index is 0.0520. The number of rotatable bonds is 6. The summed E-state index contributed by atoms with van der Waals surface area (Å²) in [5, 5.41) is 15.4. The lowest BCUT2D eigenvalue weighted by Gasteiger charge is -2.03. The number of thiazole rings is 1. The topological polar surface area (TPSA) is 85.1 Å². The molecule has 27 heavy (non-hydrogen) atoms. The zero-order valence-electron chi connectivity index (χ0n) is 13.5. The average molecular weight is 407 g/mol. The van der Waals surface area contributed by atoms with E-state index < -0.39 is 22.5 Å². The van der Waals surface area contributed by atoms with Crippen molar-refractivity contribution in [3.05, 3.63) is 69.6 Å². The Bertz CT molecular complexity index is 1010. The molecule has 0 fully saturated rings. The van der Waals surface area contributed by atoms with Crippen LogP contribution >= 0.6 is 23.1 Å². The van der Waals surface area contributed by atoms with Crippen LogP contribution in [0.3, 0.4) is 0 Å². The highest BCUT2D eigenvalue weighted by Gasteiger charge is 2.12. The summed E-state index contributed by atoms with van der Waals surface area (Å²) in [7, 11) is 0. The molecule has 1 N–H and O–H groups in total. The van der Waals surface area contributed by atoms with E-state index in [9.17, 15) is 23.7 Å². The lowest BCUT2D eigenvalue weighted by atomic mass is 10.1. The average Bonchev–Trinajstić information content (AvgIpc) is 3.09. The molecule has 2 aromatic carbocycles. The number of halogens is 2. The molecule has 3 aromatic rings. The summed E-state index contributed by atoms with van der Waals surface area (Å²) in [6.45, 7) is 0. The minimum atomic E-state index is -0.727. The van der Waals surface area contributed by atoms with Crippen LogP contribution in [0.4, 0.5) is 19.6 Å². The highest BCUT2D eigenvalue weighted by molar-refractivity contribution is 8.00. The standard InChI is InChI=1S/C17H11F2N3O3S2/c18-11-4-5-15(13(19)7-11)26-9-16(23)21-17-20-14(8-27-17)10-2-1-3-12(6-10)22(24)25/h1-8H,9H2,(H,20,21,23). The van der Waals surface area contributed by atoms with Crippen molar-refractivity contribution < 1.29 is 18.5 Å². The Kier molecular flexibility index (Phi) is 5.77. The maximum atomic E-state index is 13.6. The van der Waals surface area contributed by atoms with Gasteiger partial charge in [-0.1, -0.05) is 12.1 Å². The number of hydrogen-bond acceptors (Lipinski definition) is 6. The Morgan fingerprint density at radius 3 is 2.81 bits per heavy atom. The van der Waals surface area contributed by atoms with Crippen LogP contribution in [0.25, 0.3) is 11.3 Å². The molecule has 0 bridgehead atoms. The number of benzene rings is 2. The van der Waals surface area contributed by atoms with E-state index in [0.717, 1.165) is 23.9 Å². The number of anilines is 1. The van der Waals surface area contributed by atoms with Crippen LogP contribution in [0.2, 0.25) is 0 Å². The molecule has 1 amide bonds. The quantitative estimate of drug-likeness (QED) is 0.363. The molecule has 138 valence electrons. The van der Waals surface area contributed by atoms with E-state index in [1.54, 1.807) is 17.5 Å². The number of hydrogen-bond donors (Lipinski definition) is 1. The van der Waals surface area contributed by atoms with Crippen molar-refractivity contribution in [2.45, 2.75) is 4.90 Å². The molecule has 0 aliphatic rings. The number of thioether (sulfide) groups is 1. The molecule has 10 heteroatoms. The van der Waals surface area contributed by atoms with Crippen LogP contribution in [0, 0.1) is 21.7 Å². The second-order valence-corrected chi connectivity index (χ2v) is 7.13. The van der Waals surface area contributed by atoms with Gasteiger partial charge in [-0.05, 0) is 12.1 Å². The van der Waals surface area contributed by atoms with E-state index in [2.05, 4.69) is 10.3 Å². The molecule has 3 rings (SSSR count). The summed E-state index contributed by atoms with van der Waals surface area (Å²) >= 11 is 2.11. The number of aromatic nitrogens is 1. The fourth-order valence-corrected chi connectivity index (χ4v) is 3.59. The van der Waals surface area contributed by atoms with Gasteiger partial charge in [0.15, 0.2) is 5.13 Å². The van der Waals surface area contributed by atoms with Gasteiger partial charge in [0.1, 0.15) is 11.6 Å². The molecule has 0 saturated heterocycles. The fraction of sp³-hybridized carbons (Fsp3) is 0.0588. The van der Waals surface area contributed by atoms with Gasteiger partial charge in [-0.15, -0.1) is 23.1 Å². The van der Waals surface area contributed by atoms with Crippen LogP contribution in [-0.4, -0.2) is 21.6 Å². The summed E-state index contributed by atoms with van der Waals surface area (Å²) in [6.07, 6.45) is 0. The smallest absolute Gasteiger partial charge is 0.270 e. The van der Waals surface area contributed by atoms with E-state index in [-0.39, 0.29) is 16.3 Å². The van der Waals surface area contributed by atoms with Crippen LogP contribution in [0.1, 0.15) is 0 Å². The highest BCUT2D eigenvalue weighted by atomic mass is 32.2. The van der Waals surface area contributed by atoms with E-state index in [4.69, 9.17) is 0 Å². The molecule has 0 saturated carbocycles. The van der Waals surface area contributed by atoms with Crippen LogP contribution in [-0.2, 0) is 4.79 Å². The van der Waals surface area contributed by atoms with E-state index in [0.29, 0.717) is 16.4 Å². The van der Waals surface area contributed by atoms with Gasteiger partial charge in [-0.3, -0.25) is 14.9 Å². The van der Waals surface area contributed by atoms with E-state index in [1.807, 2.05) is 0 Å². The molecular formula is C17H11F2N3O3S2. The predicted octanol–water partition coefficient (Wildman–Crippen LogP) is 4.73. The number of carbonyl (C=O) groups is 1. The third-order valence-corrected chi connectivity index (χ3v) is 5.16. The van der Waals surface area contributed by atoms with Gasteiger partial charge < -0.3 is 5.32 Å². The molecule has 0 aliphatic heterocycles. The van der Waals surface area contributed by atoms with Gasteiger partial charge in [0.25, 0.3) is 5.69 Å². The highest BCUT2D eigenvalue weighted by Crippen LogP contribution is 2.28. The molecular weight excluding hydrogens is 396 g/mol. The lowest BCUT2D eigenvalue weighted by Crippen LogP contribution is -2.13. The van der Waals surface area contributed by atoms with Crippen LogP contribution in [0.15, 0.2) is 52.7 Å². The Labute approximate surface area is 160 Å². The molecule has 0 aliphatic carbocycles. The van der Waals surface area contributed by atoms with Crippen LogP contribution < -0.4 is 5.32 Å².